The number of hydrogen-bond acceptors (Lipinski definition) is 3. The first-order valence-corrected chi connectivity index (χ1v) is 4.57. The molecule has 1 N–H and O–H groups in total. The molecule has 0 atom stereocenters. The normalized spacial score (nSPS) is 17.9. The lowest BCUT2D eigenvalue weighted by Crippen LogP contribution is -2.07. The summed E-state index contributed by atoms with van der Waals surface area (Å²) in [5.41, 5.74) is -0.753. The summed E-state index contributed by atoms with van der Waals surface area (Å²) in [6.07, 6.45) is 1.13. The zero-order valence-electron chi connectivity index (χ0n) is 7.24. The van der Waals surface area contributed by atoms with Gasteiger partial charge in [0.05, 0.1) is 16.1 Å². The highest BCUT2D eigenvalue weighted by molar-refractivity contribution is 6.30. The molecule has 1 aliphatic carbocycles. The predicted molar refractivity (Wildman–Crippen MR) is 51.2 cm³/mol. The number of nitro groups is 1. The summed E-state index contributed by atoms with van der Waals surface area (Å²) >= 11 is 5.72. The van der Waals surface area contributed by atoms with Crippen molar-refractivity contribution in [3.8, 4) is 0 Å². The molecule has 4 nitrogen and oxygen atoms in total. The van der Waals surface area contributed by atoms with E-state index in [1.165, 1.54) is 18.2 Å². The maximum absolute atomic E-state index is 10.7. The Morgan fingerprint density at radius 2 is 2.14 bits per heavy atom. The fourth-order valence-electron chi connectivity index (χ4n) is 1.43. The van der Waals surface area contributed by atoms with E-state index >= 15 is 0 Å². The highest BCUT2D eigenvalue weighted by atomic mass is 35.5. The van der Waals surface area contributed by atoms with Crippen molar-refractivity contribution in [2.24, 2.45) is 0 Å². The van der Waals surface area contributed by atoms with Crippen LogP contribution in [0.25, 0.3) is 0 Å². The van der Waals surface area contributed by atoms with Gasteiger partial charge in [-0.25, -0.2) is 0 Å². The van der Waals surface area contributed by atoms with Crippen molar-refractivity contribution >= 4 is 17.3 Å². The number of halogens is 1. The van der Waals surface area contributed by atoms with Crippen LogP contribution in [0.3, 0.4) is 0 Å². The van der Waals surface area contributed by atoms with Gasteiger partial charge in [-0.2, -0.15) is 0 Å². The molecule has 0 spiro atoms. The summed E-state index contributed by atoms with van der Waals surface area (Å²) in [6, 6.07) is 4.25. The fraction of sp³-hybridized carbons (Fsp3) is 0.333. The second-order valence-electron chi connectivity index (χ2n) is 3.45. The summed E-state index contributed by atoms with van der Waals surface area (Å²) in [4.78, 5) is 10.2. The molecule has 1 aromatic carbocycles. The van der Waals surface area contributed by atoms with Crippen LogP contribution >= 0.6 is 11.6 Å². The predicted octanol–water partition coefficient (Wildman–Crippen LogP) is 2.23. The van der Waals surface area contributed by atoms with Crippen molar-refractivity contribution in [2.75, 3.05) is 0 Å². The second kappa shape index (κ2) is 2.93. The minimum atomic E-state index is -1.02. The lowest BCUT2D eigenvalue weighted by molar-refractivity contribution is -0.386. The van der Waals surface area contributed by atoms with Gasteiger partial charge in [0.1, 0.15) is 0 Å². The third-order valence-corrected chi connectivity index (χ3v) is 2.62. The molecule has 14 heavy (non-hydrogen) atoms. The van der Waals surface area contributed by atoms with Crippen LogP contribution in [0.5, 0.6) is 0 Å². The third-order valence-electron chi connectivity index (χ3n) is 2.38. The SMILES string of the molecule is O=[N+]([O-])c1ccc(Cl)cc1C1(O)CC1. The number of rotatable bonds is 2. The van der Waals surface area contributed by atoms with E-state index in [4.69, 9.17) is 11.6 Å². The second-order valence-corrected chi connectivity index (χ2v) is 3.89. The van der Waals surface area contributed by atoms with E-state index in [0.717, 1.165) is 0 Å². The van der Waals surface area contributed by atoms with Gasteiger partial charge in [0.25, 0.3) is 5.69 Å². The van der Waals surface area contributed by atoms with Crippen LogP contribution in [0.4, 0.5) is 5.69 Å². The van der Waals surface area contributed by atoms with Crippen LogP contribution in [-0.2, 0) is 5.60 Å². The molecule has 1 fully saturated rings. The molecule has 0 amide bonds. The number of nitro benzene ring substituents is 1. The van der Waals surface area contributed by atoms with E-state index in [-0.39, 0.29) is 5.69 Å². The lowest BCUT2D eigenvalue weighted by Gasteiger charge is -2.08. The Morgan fingerprint density at radius 3 is 2.64 bits per heavy atom. The number of benzene rings is 1. The van der Waals surface area contributed by atoms with E-state index in [0.29, 0.717) is 23.4 Å². The van der Waals surface area contributed by atoms with Crippen LogP contribution in [0.15, 0.2) is 18.2 Å². The molecule has 0 unspecified atom stereocenters. The minimum Gasteiger partial charge on any atom is -0.385 e. The van der Waals surface area contributed by atoms with Gasteiger partial charge in [0.15, 0.2) is 0 Å². The van der Waals surface area contributed by atoms with Gasteiger partial charge in [-0.05, 0) is 25.0 Å². The maximum Gasteiger partial charge on any atom is 0.275 e. The molecule has 5 heteroatoms. The molecule has 0 aliphatic heterocycles. The highest BCUT2D eigenvalue weighted by Gasteiger charge is 2.46. The number of hydrogen-bond donors (Lipinski definition) is 1. The van der Waals surface area contributed by atoms with Gasteiger partial charge in [-0.1, -0.05) is 11.6 Å². The number of nitrogens with zero attached hydrogens (tertiary/aromatic N) is 1. The third kappa shape index (κ3) is 1.47. The Bertz CT molecular complexity index is 401. The topological polar surface area (TPSA) is 63.4 Å². The van der Waals surface area contributed by atoms with Crippen LogP contribution in [0.2, 0.25) is 5.02 Å². The van der Waals surface area contributed by atoms with Crippen molar-refractivity contribution in [2.45, 2.75) is 18.4 Å². The fourth-order valence-corrected chi connectivity index (χ4v) is 1.60. The zero-order valence-corrected chi connectivity index (χ0v) is 7.99. The molecule has 0 aromatic heterocycles. The van der Waals surface area contributed by atoms with Crippen LogP contribution < -0.4 is 0 Å². The van der Waals surface area contributed by atoms with Gasteiger partial charge >= 0.3 is 0 Å². The molecule has 74 valence electrons. The van der Waals surface area contributed by atoms with Gasteiger partial charge in [-0.3, -0.25) is 10.1 Å². The van der Waals surface area contributed by atoms with E-state index in [2.05, 4.69) is 0 Å². The molecule has 1 aliphatic rings. The molecule has 0 heterocycles. The minimum absolute atomic E-state index is 0.0607. The van der Waals surface area contributed by atoms with E-state index in [1.54, 1.807) is 0 Å². The standard InChI is InChI=1S/C9H8ClNO3/c10-6-1-2-8(11(13)14)7(5-6)9(12)3-4-9/h1-2,5,12H,3-4H2. The van der Waals surface area contributed by atoms with Gasteiger partial charge in [0.2, 0.25) is 0 Å². The Hall–Kier alpha value is -1.13. The van der Waals surface area contributed by atoms with Crippen molar-refractivity contribution < 1.29 is 10.0 Å². The Kier molecular flexibility index (Phi) is 1.97. The Morgan fingerprint density at radius 1 is 1.50 bits per heavy atom. The van der Waals surface area contributed by atoms with Crippen LogP contribution in [0, 0.1) is 10.1 Å². The summed E-state index contributed by atoms with van der Waals surface area (Å²) in [5.74, 6) is 0. The molecule has 1 saturated carbocycles. The largest absolute Gasteiger partial charge is 0.385 e. The Labute approximate surface area is 85.3 Å². The monoisotopic (exact) mass is 213 g/mol. The average Bonchev–Trinajstić information content (AvgIpc) is 2.84. The van der Waals surface area contributed by atoms with E-state index in [9.17, 15) is 15.2 Å². The smallest absolute Gasteiger partial charge is 0.275 e. The molecule has 2 rings (SSSR count). The molecule has 0 radical (unpaired) electrons. The molecular formula is C9H8ClNO3. The molecule has 0 saturated heterocycles. The van der Waals surface area contributed by atoms with Crippen molar-refractivity contribution in [3.63, 3.8) is 0 Å². The van der Waals surface area contributed by atoms with Crippen LogP contribution in [0.1, 0.15) is 18.4 Å². The zero-order chi connectivity index (χ0) is 10.3. The van der Waals surface area contributed by atoms with Gasteiger partial charge < -0.3 is 5.11 Å². The Balaban J connectivity index is 2.54. The average molecular weight is 214 g/mol. The van der Waals surface area contributed by atoms with Crippen molar-refractivity contribution in [1.29, 1.82) is 0 Å². The highest BCUT2D eigenvalue weighted by Crippen LogP contribution is 2.49. The van der Waals surface area contributed by atoms with Crippen LogP contribution in [-0.4, -0.2) is 10.0 Å². The number of aliphatic hydroxyl groups is 1. The summed E-state index contributed by atoms with van der Waals surface area (Å²) in [6.45, 7) is 0. The molecule has 1 aromatic rings. The lowest BCUT2D eigenvalue weighted by atomic mass is 10.1. The maximum atomic E-state index is 10.7. The molecule has 0 bridgehead atoms. The molecular weight excluding hydrogens is 206 g/mol. The van der Waals surface area contributed by atoms with Gasteiger partial charge in [-0.15, -0.1) is 0 Å². The summed E-state index contributed by atoms with van der Waals surface area (Å²) in [7, 11) is 0. The quantitative estimate of drug-likeness (QED) is 0.605. The first-order chi connectivity index (χ1) is 6.53. The van der Waals surface area contributed by atoms with E-state index in [1.807, 2.05) is 0 Å². The van der Waals surface area contributed by atoms with Gasteiger partial charge in [0, 0.05) is 11.1 Å². The van der Waals surface area contributed by atoms with E-state index < -0.39 is 10.5 Å². The van der Waals surface area contributed by atoms with Crippen molar-refractivity contribution in [1.82, 2.24) is 0 Å². The first kappa shape index (κ1) is 9.43. The first-order valence-electron chi connectivity index (χ1n) is 4.20. The summed E-state index contributed by atoms with van der Waals surface area (Å²) < 4.78 is 0. The van der Waals surface area contributed by atoms with Crippen molar-refractivity contribution in [3.05, 3.63) is 38.9 Å². The summed E-state index contributed by atoms with van der Waals surface area (Å²) in [5, 5.41) is 20.9.